The van der Waals surface area contributed by atoms with E-state index in [9.17, 15) is 20.1 Å². The van der Waals surface area contributed by atoms with Gasteiger partial charge >= 0.3 is 17.9 Å². The third-order valence-electron chi connectivity index (χ3n) is 3.52. The molecule has 2 aromatic rings. The normalized spacial score (nSPS) is 27.8. The summed E-state index contributed by atoms with van der Waals surface area (Å²) in [6, 6.07) is 0. The maximum absolute atomic E-state index is 11.8. The maximum atomic E-state index is 11.8. The predicted molar refractivity (Wildman–Crippen MR) is 86.5 cm³/mol. The average molecular weight is 412 g/mol. The number of imidazole rings is 1. The first kappa shape index (κ1) is 19.2. The zero-order valence-electron chi connectivity index (χ0n) is 12.6. The van der Waals surface area contributed by atoms with Crippen LogP contribution in [0.3, 0.4) is 0 Å². The van der Waals surface area contributed by atoms with E-state index in [0.29, 0.717) is 0 Å². The lowest BCUT2D eigenvalue weighted by atomic mass is 10.1. The van der Waals surface area contributed by atoms with Gasteiger partial charge in [0, 0.05) is 0 Å². The van der Waals surface area contributed by atoms with Crippen molar-refractivity contribution in [2.45, 2.75) is 30.8 Å². The van der Waals surface area contributed by atoms with Gasteiger partial charge in [-0.05, 0) is 0 Å². The molecule has 1 saturated heterocycles. The number of H-pyrrole nitrogens is 1. The van der Waals surface area contributed by atoms with Gasteiger partial charge in [0.05, 0.1) is 6.33 Å². The van der Waals surface area contributed by atoms with E-state index in [0.717, 1.165) is 10.9 Å². The standard InChI is InChI=1S/C10H14N5O9PS/c11-10-13-6-2(7(18)14-10)12-1-15(6)8-4(17)3(16)5(23-8)9(19)24-26-25(20,21)22/h1,3-5,8-9,16-17,19H,(H5-,11,13,14,18,20,21,22)/p+1/t3-,4+,5-,8+,9?/m0/s1. The third-order valence-corrected chi connectivity index (χ3v) is 4.86. The highest BCUT2D eigenvalue weighted by atomic mass is 32.5. The summed E-state index contributed by atoms with van der Waals surface area (Å²) in [4.78, 5) is 48.3. The van der Waals surface area contributed by atoms with Crippen LogP contribution in [-0.2, 0) is 20.1 Å². The van der Waals surface area contributed by atoms with Crippen LogP contribution in [0, 0.1) is 0 Å². The molecule has 0 bridgehead atoms. The van der Waals surface area contributed by atoms with Crippen molar-refractivity contribution in [3.8, 4) is 0 Å². The highest BCUT2D eigenvalue weighted by Crippen LogP contribution is 2.35. The number of nitrogens with one attached hydrogen (secondary N) is 1. The Labute approximate surface area is 147 Å². The molecule has 0 radical (unpaired) electrons. The summed E-state index contributed by atoms with van der Waals surface area (Å²) >= 11 is -0.201. The summed E-state index contributed by atoms with van der Waals surface area (Å²) in [7, 11) is 0. The maximum Gasteiger partial charge on any atom is 0.560 e. The van der Waals surface area contributed by atoms with Crippen LogP contribution in [0.1, 0.15) is 6.23 Å². The summed E-state index contributed by atoms with van der Waals surface area (Å²) in [5.41, 5.74) is 4.74. The molecule has 0 aromatic carbocycles. The van der Waals surface area contributed by atoms with Crippen molar-refractivity contribution < 1.29 is 38.9 Å². The number of aromatic amines is 1. The molecule has 0 saturated carbocycles. The van der Waals surface area contributed by atoms with Gasteiger partial charge in [-0.3, -0.25) is 29.0 Å². The molecule has 16 heteroatoms. The molecule has 14 nitrogen and oxygen atoms in total. The van der Waals surface area contributed by atoms with Crippen molar-refractivity contribution in [1.29, 1.82) is 0 Å². The van der Waals surface area contributed by atoms with Crippen molar-refractivity contribution in [3.63, 3.8) is 0 Å². The highest BCUT2D eigenvalue weighted by Gasteiger charge is 2.49. The molecule has 1 aliphatic heterocycles. The molecule has 3 rings (SSSR count). The van der Waals surface area contributed by atoms with E-state index in [-0.39, 0.29) is 28.3 Å². The fraction of sp³-hybridized carbons (Fsp3) is 0.500. The minimum atomic E-state index is -4.39. The van der Waals surface area contributed by atoms with Crippen LogP contribution in [0.5, 0.6) is 0 Å². The van der Waals surface area contributed by atoms with Crippen molar-refractivity contribution in [3.05, 3.63) is 16.7 Å². The second-order valence-electron chi connectivity index (χ2n) is 5.32. The quantitative estimate of drug-likeness (QED) is 0.105. The lowest BCUT2D eigenvalue weighted by molar-refractivity contribution is -0.148. The van der Waals surface area contributed by atoms with Gasteiger partial charge in [-0.25, -0.2) is 4.98 Å². The van der Waals surface area contributed by atoms with E-state index < -0.39 is 43.1 Å². The molecule has 144 valence electrons. The van der Waals surface area contributed by atoms with E-state index in [4.69, 9.17) is 25.2 Å². The minimum absolute atomic E-state index is 0.0287. The molecule has 5 atom stereocenters. The number of nitrogens with two attached hydrogens (primary N) is 1. The number of nitrogen functional groups attached to an aromatic ring is 1. The molecular formula is C10H15N5O9PS+. The van der Waals surface area contributed by atoms with Gasteiger partial charge in [0.25, 0.3) is 5.56 Å². The molecule has 1 aliphatic rings. The lowest BCUT2D eigenvalue weighted by Crippen LogP contribution is -2.39. The number of hydrogen-bond acceptors (Lipinski definition) is 9. The Bertz CT molecular complexity index is 919. The van der Waals surface area contributed by atoms with Crippen LogP contribution in [0.4, 0.5) is 5.95 Å². The largest absolute Gasteiger partial charge is 0.560 e. The van der Waals surface area contributed by atoms with E-state index in [1.807, 2.05) is 0 Å². The van der Waals surface area contributed by atoms with Gasteiger partial charge < -0.3 is 25.8 Å². The first-order chi connectivity index (χ1) is 12.1. The Kier molecular flexibility index (Phi) is 5.11. The number of aliphatic hydroxyl groups is 3. The average Bonchev–Trinajstić information content (AvgIpc) is 3.07. The summed E-state index contributed by atoms with van der Waals surface area (Å²) in [6.07, 6.45) is -6.88. The second-order valence-corrected chi connectivity index (χ2v) is 8.61. The van der Waals surface area contributed by atoms with Crippen molar-refractivity contribution in [2.75, 3.05) is 5.73 Å². The van der Waals surface area contributed by atoms with Gasteiger partial charge in [0.2, 0.25) is 12.2 Å². The summed E-state index contributed by atoms with van der Waals surface area (Å²) in [6.45, 7) is -4.39. The number of aliphatic hydroxyl groups excluding tert-OH is 3. The van der Waals surface area contributed by atoms with Crippen LogP contribution < -0.4 is 11.3 Å². The number of nitrogens with zero attached hydrogens (tertiary/aromatic N) is 3. The molecular weight excluding hydrogens is 397 g/mol. The number of fused-ring (bicyclic) bond motifs is 1. The van der Waals surface area contributed by atoms with Gasteiger partial charge in [0.15, 0.2) is 17.4 Å². The molecule has 9 N–H and O–H groups in total. The number of rotatable bonds is 4. The first-order valence-corrected chi connectivity index (χ1v) is 9.92. The van der Waals surface area contributed by atoms with E-state index in [2.05, 4.69) is 19.1 Å². The third kappa shape index (κ3) is 3.63. The van der Waals surface area contributed by atoms with E-state index in [1.54, 1.807) is 0 Å². The Morgan fingerprint density at radius 3 is 2.73 bits per heavy atom. The number of anilines is 1. The summed E-state index contributed by atoms with van der Waals surface area (Å²) in [5.74, 6) is -0.206. The van der Waals surface area contributed by atoms with Crippen LogP contribution in [-0.4, -0.2) is 74.1 Å². The SMILES string of the molecule is Nc1nc2c(ncn2[C@@H]2O[C@H](C(O)O[S+]=P(O)(O)O)[C@@H](O)[C@H]2O)c(=O)[nH]1. The molecule has 0 spiro atoms. The Hall–Kier alpha value is -1.52. The molecule has 1 fully saturated rings. The summed E-state index contributed by atoms with van der Waals surface area (Å²) < 4.78 is 11.0. The smallest absolute Gasteiger partial charge is 0.387 e. The minimum Gasteiger partial charge on any atom is -0.387 e. The highest BCUT2D eigenvalue weighted by molar-refractivity contribution is 8.13. The van der Waals surface area contributed by atoms with Crippen LogP contribution in [0.25, 0.3) is 11.2 Å². The Morgan fingerprint density at radius 1 is 1.38 bits per heavy atom. The molecule has 2 aromatic heterocycles. The molecule has 0 amide bonds. The Morgan fingerprint density at radius 2 is 2.08 bits per heavy atom. The fourth-order valence-electron chi connectivity index (χ4n) is 2.44. The van der Waals surface area contributed by atoms with E-state index >= 15 is 0 Å². The van der Waals surface area contributed by atoms with Crippen LogP contribution in [0.2, 0.25) is 0 Å². The van der Waals surface area contributed by atoms with Gasteiger partial charge in [-0.2, -0.15) is 4.98 Å². The van der Waals surface area contributed by atoms with Gasteiger partial charge in [-0.1, -0.05) is 4.18 Å². The topological polar surface area (TPSA) is 229 Å². The second kappa shape index (κ2) is 6.90. The monoisotopic (exact) mass is 412 g/mol. The fourth-order valence-corrected chi connectivity index (χ4v) is 3.36. The van der Waals surface area contributed by atoms with Crippen molar-refractivity contribution in [1.82, 2.24) is 19.5 Å². The van der Waals surface area contributed by atoms with Crippen molar-refractivity contribution >= 4 is 35.1 Å². The molecule has 0 aliphatic carbocycles. The van der Waals surface area contributed by atoms with Crippen LogP contribution in [0.15, 0.2) is 11.1 Å². The zero-order chi connectivity index (χ0) is 19.2. The van der Waals surface area contributed by atoms with Crippen molar-refractivity contribution in [2.24, 2.45) is 0 Å². The number of aromatic nitrogens is 4. The lowest BCUT2D eigenvalue weighted by Gasteiger charge is -2.16. The predicted octanol–water partition coefficient (Wildman–Crippen LogP) is -3.69. The van der Waals surface area contributed by atoms with E-state index in [1.165, 1.54) is 0 Å². The molecule has 26 heavy (non-hydrogen) atoms. The molecule has 1 unspecified atom stereocenters. The summed E-state index contributed by atoms with van der Waals surface area (Å²) in [5, 5.41) is 30.1. The molecule has 3 heterocycles. The first-order valence-electron chi connectivity index (χ1n) is 6.93. The van der Waals surface area contributed by atoms with Gasteiger partial charge in [0.1, 0.15) is 18.3 Å². The van der Waals surface area contributed by atoms with Crippen LogP contribution >= 0.6 is 6.72 Å². The zero-order valence-corrected chi connectivity index (χ0v) is 14.4. The number of ether oxygens (including phenoxy) is 1. The van der Waals surface area contributed by atoms with Gasteiger partial charge in [-0.15, -0.1) is 0 Å². The Balaban J connectivity index is 1.90. The number of hydrogen-bond donors (Lipinski definition) is 8.